The van der Waals surface area contributed by atoms with E-state index in [9.17, 15) is 9.90 Å². The Morgan fingerprint density at radius 2 is 2.35 bits per heavy atom. The van der Waals surface area contributed by atoms with Gasteiger partial charge in [-0.15, -0.1) is 12.4 Å². The first kappa shape index (κ1) is 14.4. The molecule has 5 nitrogen and oxygen atoms in total. The summed E-state index contributed by atoms with van der Waals surface area (Å²) in [7, 11) is 0. The first-order valence-electron chi connectivity index (χ1n) is 5.00. The molecule has 0 radical (unpaired) electrons. The van der Waals surface area contributed by atoms with E-state index in [2.05, 4.69) is 31.5 Å². The first-order chi connectivity index (χ1) is 7.65. The number of amides is 1. The molecule has 2 rings (SSSR count). The maximum absolute atomic E-state index is 11.7. The lowest BCUT2D eigenvalue weighted by Crippen LogP contribution is -2.35. The highest BCUT2D eigenvalue weighted by Gasteiger charge is 2.28. The summed E-state index contributed by atoms with van der Waals surface area (Å²) in [5, 5.41) is 14.9. The summed E-state index contributed by atoms with van der Waals surface area (Å²) in [6.45, 7) is 0.462. The number of nitrogens with zero attached hydrogens (tertiary/aromatic N) is 1. The third kappa shape index (κ3) is 3.92. The Balaban J connectivity index is 0.00000144. The van der Waals surface area contributed by atoms with E-state index in [1.165, 1.54) is 0 Å². The molecule has 17 heavy (non-hydrogen) atoms. The second-order valence-corrected chi connectivity index (χ2v) is 4.50. The molecule has 0 spiro atoms. The molecular weight excluding hydrogens is 309 g/mol. The molecule has 1 amide bonds. The van der Waals surface area contributed by atoms with Crippen LogP contribution < -0.4 is 10.6 Å². The molecule has 0 aromatic carbocycles. The molecule has 1 aliphatic rings. The predicted molar refractivity (Wildman–Crippen MR) is 70.2 cm³/mol. The van der Waals surface area contributed by atoms with Crippen molar-refractivity contribution in [3.8, 4) is 0 Å². The molecule has 1 fully saturated rings. The lowest BCUT2D eigenvalue weighted by molar-refractivity contribution is -0.118. The van der Waals surface area contributed by atoms with E-state index in [0.29, 0.717) is 23.4 Å². The average Bonchev–Trinajstić information content (AvgIpc) is 2.65. The molecule has 94 valence electrons. The van der Waals surface area contributed by atoms with Gasteiger partial charge in [0, 0.05) is 6.54 Å². The van der Waals surface area contributed by atoms with E-state index in [4.69, 9.17) is 0 Å². The van der Waals surface area contributed by atoms with Gasteiger partial charge < -0.3 is 15.7 Å². The van der Waals surface area contributed by atoms with Crippen LogP contribution in [0.1, 0.15) is 6.42 Å². The fraction of sp³-hybridized carbons (Fsp3) is 0.400. The second kappa shape index (κ2) is 6.30. The Morgan fingerprint density at radius 1 is 1.59 bits per heavy atom. The third-order valence-electron chi connectivity index (χ3n) is 2.39. The summed E-state index contributed by atoms with van der Waals surface area (Å²) in [5.41, 5.74) is 0. The van der Waals surface area contributed by atoms with Gasteiger partial charge in [0.2, 0.25) is 5.91 Å². The van der Waals surface area contributed by atoms with Crippen LogP contribution in [0.15, 0.2) is 22.8 Å². The number of aliphatic hydroxyl groups is 1. The lowest BCUT2D eigenvalue weighted by atomic mass is 10.2. The summed E-state index contributed by atoms with van der Waals surface area (Å²) < 4.78 is 0.671. The van der Waals surface area contributed by atoms with Crippen molar-refractivity contribution >= 4 is 40.1 Å². The van der Waals surface area contributed by atoms with Gasteiger partial charge in [-0.05, 0) is 34.5 Å². The van der Waals surface area contributed by atoms with Gasteiger partial charge in [0.05, 0.1) is 12.1 Å². The molecule has 0 bridgehead atoms. The Kier molecular flexibility index (Phi) is 5.32. The maximum atomic E-state index is 11.7. The van der Waals surface area contributed by atoms with Crippen molar-refractivity contribution in [2.75, 3.05) is 11.9 Å². The molecule has 1 aromatic heterocycles. The van der Waals surface area contributed by atoms with Crippen LogP contribution in [0.3, 0.4) is 0 Å². The van der Waals surface area contributed by atoms with Gasteiger partial charge in [-0.3, -0.25) is 4.79 Å². The molecule has 2 heterocycles. The fourth-order valence-electron chi connectivity index (χ4n) is 1.61. The van der Waals surface area contributed by atoms with Crippen molar-refractivity contribution in [3.05, 3.63) is 22.8 Å². The zero-order valence-corrected chi connectivity index (χ0v) is 11.3. The highest BCUT2D eigenvalue weighted by atomic mass is 79.9. The fourth-order valence-corrected chi connectivity index (χ4v) is 1.95. The molecule has 0 saturated carbocycles. The number of aliphatic hydroxyl groups excluding tert-OH is 1. The number of β-amino-alcohol motifs (C(OH)–C–C–N with tert-alkyl or cyclic N) is 1. The summed E-state index contributed by atoms with van der Waals surface area (Å²) in [4.78, 5) is 15.8. The van der Waals surface area contributed by atoms with Gasteiger partial charge in [0.25, 0.3) is 0 Å². The number of carbonyl (C=O) groups excluding carboxylic acids is 1. The van der Waals surface area contributed by atoms with Gasteiger partial charge in [-0.25, -0.2) is 4.98 Å². The van der Waals surface area contributed by atoms with E-state index in [-0.39, 0.29) is 24.4 Å². The van der Waals surface area contributed by atoms with Crippen LogP contribution in [-0.2, 0) is 4.79 Å². The van der Waals surface area contributed by atoms with Crippen molar-refractivity contribution in [1.29, 1.82) is 0 Å². The molecule has 2 atom stereocenters. The maximum Gasteiger partial charge on any atom is 0.242 e. The molecule has 3 N–H and O–H groups in total. The van der Waals surface area contributed by atoms with Crippen LogP contribution in [0, 0.1) is 0 Å². The number of hydrogen-bond acceptors (Lipinski definition) is 4. The monoisotopic (exact) mass is 321 g/mol. The molecule has 0 unspecified atom stereocenters. The van der Waals surface area contributed by atoms with E-state index in [1.54, 1.807) is 18.2 Å². The topological polar surface area (TPSA) is 74.2 Å². The minimum Gasteiger partial charge on any atom is -0.392 e. The van der Waals surface area contributed by atoms with Crippen molar-refractivity contribution in [2.45, 2.75) is 18.6 Å². The van der Waals surface area contributed by atoms with Crippen LogP contribution >= 0.6 is 28.3 Å². The zero-order valence-electron chi connectivity index (χ0n) is 8.89. The average molecular weight is 323 g/mol. The number of anilines is 1. The van der Waals surface area contributed by atoms with Crippen molar-refractivity contribution < 1.29 is 9.90 Å². The molecular formula is C10H13BrClN3O2. The van der Waals surface area contributed by atoms with E-state index < -0.39 is 6.10 Å². The summed E-state index contributed by atoms with van der Waals surface area (Å²) in [6, 6.07) is 4.96. The highest BCUT2D eigenvalue weighted by Crippen LogP contribution is 2.12. The van der Waals surface area contributed by atoms with Crippen LogP contribution in [0.25, 0.3) is 0 Å². The zero-order chi connectivity index (χ0) is 11.5. The largest absolute Gasteiger partial charge is 0.392 e. The van der Waals surface area contributed by atoms with Crippen molar-refractivity contribution in [2.24, 2.45) is 0 Å². The number of aromatic nitrogens is 1. The summed E-state index contributed by atoms with van der Waals surface area (Å²) >= 11 is 3.23. The second-order valence-electron chi connectivity index (χ2n) is 3.69. The van der Waals surface area contributed by atoms with Crippen LogP contribution in [0.4, 0.5) is 5.82 Å². The smallest absolute Gasteiger partial charge is 0.242 e. The number of rotatable bonds is 2. The number of halogens is 2. The van der Waals surface area contributed by atoms with E-state index in [1.807, 2.05) is 0 Å². The number of nitrogens with one attached hydrogen (secondary N) is 2. The predicted octanol–water partition coefficient (Wildman–Crippen LogP) is 0.927. The quantitative estimate of drug-likeness (QED) is 0.708. The van der Waals surface area contributed by atoms with Crippen molar-refractivity contribution in [3.63, 3.8) is 0 Å². The number of hydrogen-bond donors (Lipinski definition) is 3. The number of pyridine rings is 1. The summed E-state index contributed by atoms with van der Waals surface area (Å²) in [5.74, 6) is 0.338. The lowest BCUT2D eigenvalue weighted by Gasteiger charge is -2.10. The van der Waals surface area contributed by atoms with Gasteiger partial charge in [0.15, 0.2) is 0 Å². The molecule has 1 aromatic rings. The van der Waals surface area contributed by atoms with Gasteiger partial charge in [-0.1, -0.05) is 6.07 Å². The Labute approximate surface area is 114 Å². The SMILES string of the molecule is Cl.O=C(Nc1cccc(Br)n1)[C@@H]1C[C@H](O)CN1. The van der Waals surface area contributed by atoms with E-state index in [0.717, 1.165) is 0 Å². The minimum absolute atomic E-state index is 0. The normalized spacial score (nSPS) is 22.9. The van der Waals surface area contributed by atoms with Gasteiger partial charge in [-0.2, -0.15) is 0 Å². The number of carbonyl (C=O) groups is 1. The first-order valence-corrected chi connectivity index (χ1v) is 5.79. The van der Waals surface area contributed by atoms with Crippen LogP contribution in [-0.4, -0.2) is 34.7 Å². The van der Waals surface area contributed by atoms with Gasteiger partial charge >= 0.3 is 0 Å². The molecule has 1 aliphatic heterocycles. The Bertz CT molecular complexity index is 405. The van der Waals surface area contributed by atoms with Crippen LogP contribution in [0.5, 0.6) is 0 Å². The van der Waals surface area contributed by atoms with Crippen LogP contribution in [0.2, 0.25) is 0 Å². The molecule has 7 heteroatoms. The minimum atomic E-state index is -0.439. The van der Waals surface area contributed by atoms with Gasteiger partial charge in [0.1, 0.15) is 10.4 Å². The van der Waals surface area contributed by atoms with E-state index >= 15 is 0 Å². The summed E-state index contributed by atoms with van der Waals surface area (Å²) in [6.07, 6.45) is 0.00560. The van der Waals surface area contributed by atoms with Crippen molar-refractivity contribution in [1.82, 2.24) is 10.3 Å². The third-order valence-corrected chi connectivity index (χ3v) is 2.83. The Hall–Kier alpha value is -0.690. The Morgan fingerprint density at radius 3 is 2.94 bits per heavy atom. The molecule has 0 aliphatic carbocycles. The standard InChI is InChI=1S/C10H12BrN3O2.ClH/c11-8-2-1-3-9(13-8)14-10(16)7-4-6(15)5-12-7;/h1-3,6-7,12,15H,4-5H2,(H,13,14,16);1H/t6-,7-;/m0./s1. The highest BCUT2D eigenvalue weighted by molar-refractivity contribution is 9.10. The molecule has 1 saturated heterocycles.